The molecule has 156 valence electrons. The van der Waals surface area contributed by atoms with Gasteiger partial charge in [0, 0.05) is 38.3 Å². The molecule has 29 heavy (non-hydrogen) atoms. The molecule has 2 heterocycles. The lowest BCUT2D eigenvalue weighted by Crippen LogP contribution is -2.52. The number of hydrogen-bond acceptors (Lipinski definition) is 5. The Labute approximate surface area is 168 Å². The molecule has 1 saturated carbocycles. The van der Waals surface area contributed by atoms with E-state index in [1.807, 2.05) is 0 Å². The quantitative estimate of drug-likeness (QED) is 0.826. The summed E-state index contributed by atoms with van der Waals surface area (Å²) in [7, 11) is 0. The number of halogens is 1. The van der Waals surface area contributed by atoms with Crippen molar-refractivity contribution < 1.29 is 19.0 Å². The van der Waals surface area contributed by atoms with Crippen molar-refractivity contribution in [3.8, 4) is 11.4 Å². The van der Waals surface area contributed by atoms with Crippen molar-refractivity contribution >= 4 is 6.09 Å². The maximum Gasteiger partial charge on any atom is 0.407 e. The largest absolute Gasteiger partial charge is 0.490 e. The highest BCUT2D eigenvalue weighted by molar-refractivity contribution is 5.65. The Bertz CT molecular complexity index is 816. The van der Waals surface area contributed by atoms with Crippen molar-refractivity contribution in [2.24, 2.45) is 5.92 Å². The normalized spacial score (nSPS) is 23.1. The van der Waals surface area contributed by atoms with Gasteiger partial charge in [-0.2, -0.15) is 0 Å². The van der Waals surface area contributed by atoms with Crippen molar-refractivity contribution in [2.75, 3.05) is 32.8 Å². The molecule has 1 aromatic heterocycles. The SMILES string of the molecule is O=C(O)N1CCN(C2CCC(COc3ccc(-n4cnnc4)cc3F)CC2)CC1. The Morgan fingerprint density at radius 2 is 1.79 bits per heavy atom. The molecule has 1 saturated heterocycles. The average Bonchev–Trinajstić information content (AvgIpc) is 3.28. The van der Waals surface area contributed by atoms with Gasteiger partial charge in [-0.25, -0.2) is 9.18 Å². The number of hydrogen-bond donors (Lipinski definition) is 1. The molecule has 0 unspecified atom stereocenters. The molecule has 0 spiro atoms. The Balaban J connectivity index is 1.23. The van der Waals surface area contributed by atoms with E-state index in [1.54, 1.807) is 16.7 Å². The maximum atomic E-state index is 14.4. The average molecular weight is 403 g/mol. The first-order valence-electron chi connectivity index (χ1n) is 10.1. The van der Waals surface area contributed by atoms with E-state index in [0.29, 0.717) is 37.3 Å². The monoisotopic (exact) mass is 403 g/mol. The molecular formula is C20H26FN5O3. The molecule has 4 rings (SSSR count). The smallest absolute Gasteiger partial charge is 0.407 e. The minimum Gasteiger partial charge on any atom is -0.490 e. The van der Waals surface area contributed by atoms with Crippen LogP contribution in [0, 0.1) is 11.7 Å². The molecule has 1 aliphatic carbocycles. The first-order chi connectivity index (χ1) is 14.1. The van der Waals surface area contributed by atoms with Crippen LogP contribution >= 0.6 is 0 Å². The summed E-state index contributed by atoms with van der Waals surface area (Å²) in [5.41, 5.74) is 0.656. The fourth-order valence-corrected chi connectivity index (χ4v) is 4.26. The summed E-state index contributed by atoms with van der Waals surface area (Å²) in [5, 5.41) is 16.5. The molecule has 1 amide bonds. The van der Waals surface area contributed by atoms with Gasteiger partial charge in [0.2, 0.25) is 0 Å². The highest BCUT2D eigenvalue weighted by Crippen LogP contribution is 2.29. The number of amides is 1. The highest BCUT2D eigenvalue weighted by atomic mass is 19.1. The van der Waals surface area contributed by atoms with Gasteiger partial charge in [-0.3, -0.25) is 9.47 Å². The lowest BCUT2D eigenvalue weighted by Gasteiger charge is -2.41. The number of piperazine rings is 1. The van der Waals surface area contributed by atoms with Crippen LogP contribution in [0.2, 0.25) is 0 Å². The second-order valence-corrected chi connectivity index (χ2v) is 7.78. The summed E-state index contributed by atoms with van der Waals surface area (Å²) < 4.78 is 21.8. The number of benzene rings is 1. The number of nitrogens with zero attached hydrogens (tertiary/aromatic N) is 5. The van der Waals surface area contributed by atoms with Gasteiger partial charge in [-0.1, -0.05) is 0 Å². The summed E-state index contributed by atoms with van der Waals surface area (Å²) in [5.74, 6) is 0.304. The van der Waals surface area contributed by atoms with Crippen LogP contribution in [0.15, 0.2) is 30.9 Å². The molecule has 0 radical (unpaired) electrons. The topological polar surface area (TPSA) is 83.7 Å². The van der Waals surface area contributed by atoms with E-state index in [9.17, 15) is 9.18 Å². The molecule has 1 N–H and O–H groups in total. The Kier molecular flexibility index (Phi) is 5.94. The van der Waals surface area contributed by atoms with Gasteiger partial charge in [0.15, 0.2) is 11.6 Å². The van der Waals surface area contributed by atoms with Gasteiger partial charge in [0.1, 0.15) is 12.7 Å². The van der Waals surface area contributed by atoms with E-state index in [4.69, 9.17) is 9.84 Å². The van der Waals surface area contributed by atoms with Gasteiger partial charge >= 0.3 is 6.09 Å². The Morgan fingerprint density at radius 1 is 1.10 bits per heavy atom. The van der Waals surface area contributed by atoms with E-state index in [2.05, 4.69) is 15.1 Å². The molecule has 1 aliphatic heterocycles. The van der Waals surface area contributed by atoms with Gasteiger partial charge < -0.3 is 14.7 Å². The Morgan fingerprint density at radius 3 is 2.41 bits per heavy atom. The lowest BCUT2D eigenvalue weighted by atomic mass is 9.85. The maximum absolute atomic E-state index is 14.4. The van der Waals surface area contributed by atoms with Crippen LogP contribution in [0.4, 0.5) is 9.18 Å². The van der Waals surface area contributed by atoms with Crippen LogP contribution < -0.4 is 4.74 Å². The first-order valence-corrected chi connectivity index (χ1v) is 10.1. The molecule has 0 atom stereocenters. The summed E-state index contributed by atoms with van der Waals surface area (Å²) >= 11 is 0. The molecular weight excluding hydrogens is 377 g/mol. The standard InChI is InChI=1S/C20H26FN5O3/c21-18-11-17(26-13-22-23-14-26)5-6-19(18)29-12-15-1-3-16(4-2-15)24-7-9-25(10-8-24)20(27)28/h5-6,11,13-16H,1-4,7-10,12H2,(H,27,28). The van der Waals surface area contributed by atoms with Crippen LogP contribution in [0.5, 0.6) is 5.75 Å². The summed E-state index contributed by atoms with van der Waals surface area (Å²) in [4.78, 5) is 14.9. The van der Waals surface area contributed by atoms with Gasteiger partial charge in [0.05, 0.1) is 12.3 Å². The number of carbonyl (C=O) groups is 1. The van der Waals surface area contributed by atoms with Gasteiger partial charge in [-0.05, 0) is 43.7 Å². The molecule has 8 nitrogen and oxygen atoms in total. The highest BCUT2D eigenvalue weighted by Gasteiger charge is 2.29. The molecule has 2 fully saturated rings. The lowest BCUT2D eigenvalue weighted by molar-refractivity contribution is 0.0616. The van der Waals surface area contributed by atoms with Crippen molar-refractivity contribution in [1.82, 2.24) is 24.6 Å². The van der Waals surface area contributed by atoms with Crippen LogP contribution in [0.1, 0.15) is 25.7 Å². The molecule has 2 aromatic rings. The second kappa shape index (κ2) is 8.77. The number of carboxylic acid groups (broad SMARTS) is 1. The fourth-order valence-electron chi connectivity index (χ4n) is 4.26. The third-order valence-electron chi connectivity index (χ3n) is 6.02. The van der Waals surface area contributed by atoms with Crippen molar-refractivity contribution in [2.45, 2.75) is 31.7 Å². The number of rotatable bonds is 5. The zero-order chi connectivity index (χ0) is 20.2. The zero-order valence-corrected chi connectivity index (χ0v) is 16.3. The minimum absolute atomic E-state index is 0.272. The Hall–Kier alpha value is -2.68. The van der Waals surface area contributed by atoms with Crippen LogP contribution in [0.3, 0.4) is 0 Å². The van der Waals surface area contributed by atoms with E-state index in [-0.39, 0.29) is 11.6 Å². The van der Waals surface area contributed by atoms with E-state index in [1.165, 1.54) is 23.6 Å². The third-order valence-corrected chi connectivity index (χ3v) is 6.02. The molecule has 0 bridgehead atoms. The third kappa shape index (κ3) is 4.67. The molecule has 1 aromatic carbocycles. The van der Waals surface area contributed by atoms with E-state index >= 15 is 0 Å². The van der Waals surface area contributed by atoms with Crippen molar-refractivity contribution in [3.63, 3.8) is 0 Å². The van der Waals surface area contributed by atoms with Crippen LogP contribution in [0.25, 0.3) is 5.69 Å². The van der Waals surface area contributed by atoms with E-state index in [0.717, 1.165) is 38.8 Å². The van der Waals surface area contributed by atoms with Crippen molar-refractivity contribution in [1.29, 1.82) is 0 Å². The summed E-state index contributed by atoms with van der Waals surface area (Å²) in [6.07, 6.45) is 6.47. The second-order valence-electron chi connectivity index (χ2n) is 7.78. The van der Waals surface area contributed by atoms with Crippen molar-refractivity contribution in [3.05, 3.63) is 36.7 Å². The van der Waals surface area contributed by atoms with Crippen LogP contribution in [-0.4, -0.2) is 74.6 Å². The van der Waals surface area contributed by atoms with Gasteiger partial charge in [0.25, 0.3) is 0 Å². The zero-order valence-electron chi connectivity index (χ0n) is 16.3. The summed E-state index contributed by atoms with van der Waals surface area (Å²) in [6, 6.07) is 5.38. The number of aromatic nitrogens is 3. The molecule has 9 heteroatoms. The van der Waals surface area contributed by atoms with Crippen LogP contribution in [-0.2, 0) is 0 Å². The van der Waals surface area contributed by atoms with E-state index < -0.39 is 6.09 Å². The predicted molar refractivity (Wildman–Crippen MR) is 104 cm³/mol. The molecule has 2 aliphatic rings. The van der Waals surface area contributed by atoms with Gasteiger partial charge in [-0.15, -0.1) is 10.2 Å². The number of ether oxygens (including phenoxy) is 1. The summed E-state index contributed by atoms with van der Waals surface area (Å²) in [6.45, 7) is 3.30. The first kappa shape index (κ1) is 19.6. The predicted octanol–water partition coefficient (Wildman–Crippen LogP) is 2.64. The minimum atomic E-state index is -0.826. The fraction of sp³-hybridized carbons (Fsp3) is 0.550.